The lowest BCUT2D eigenvalue weighted by Gasteiger charge is -2.26. The lowest BCUT2D eigenvalue weighted by atomic mass is 9.78. The first kappa shape index (κ1) is 15.0. The largest absolute Gasteiger partial charge is 0.324 e. The van der Waals surface area contributed by atoms with E-state index in [1.165, 1.54) is 51.0 Å². The summed E-state index contributed by atoms with van der Waals surface area (Å²) in [5.41, 5.74) is 5.96. The summed E-state index contributed by atoms with van der Waals surface area (Å²) in [7, 11) is 0. The molecule has 1 heteroatoms. The van der Waals surface area contributed by atoms with Crippen LogP contribution >= 0.6 is 0 Å². The van der Waals surface area contributed by atoms with Crippen LogP contribution in [0.15, 0.2) is 85.2 Å². The summed E-state index contributed by atoms with van der Waals surface area (Å²) in [5, 5.41) is 5.54. The Balaban J connectivity index is 1.52. The highest BCUT2D eigenvalue weighted by molar-refractivity contribution is 6.08. The molecule has 0 saturated carbocycles. The first-order valence-corrected chi connectivity index (χ1v) is 9.86. The van der Waals surface area contributed by atoms with Crippen molar-refractivity contribution in [3.8, 4) is 0 Å². The molecule has 0 spiro atoms. The van der Waals surface area contributed by atoms with Gasteiger partial charge in [-0.15, -0.1) is 0 Å². The predicted molar refractivity (Wildman–Crippen MR) is 114 cm³/mol. The summed E-state index contributed by atoms with van der Waals surface area (Å²) in [5.74, 6) is 0.599. The van der Waals surface area contributed by atoms with Gasteiger partial charge in [-0.3, -0.25) is 0 Å². The zero-order valence-corrected chi connectivity index (χ0v) is 15.2. The summed E-state index contributed by atoms with van der Waals surface area (Å²) in [6.45, 7) is 0. The van der Waals surface area contributed by atoms with Crippen molar-refractivity contribution in [2.45, 2.75) is 25.2 Å². The molecule has 3 aromatic carbocycles. The fourth-order valence-electron chi connectivity index (χ4n) is 5.04. The Kier molecular flexibility index (Phi) is 3.19. The number of pyridine rings is 1. The third kappa shape index (κ3) is 2.24. The van der Waals surface area contributed by atoms with Gasteiger partial charge in [-0.05, 0) is 81.6 Å². The molecule has 6 rings (SSSR count). The molecular formula is C26H21N. The van der Waals surface area contributed by atoms with Crippen LogP contribution in [0.4, 0.5) is 0 Å². The smallest absolute Gasteiger partial charge is 0.0484 e. The van der Waals surface area contributed by atoms with E-state index < -0.39 is 0 Å². The molecule has 1 aliphatic carbocycles. The minimum absolute atomic E-state index is 0.599. The van der Waals surface area contributed by atoms with E-state index in [1.54, 1.807) is 5.56 Å². The molecular weight excluding hydrogens is 326 g/mol. The van der Waals surface area contributed by atoms with Gasteiger partial charge in [-0.25, -0.2) is 0 Å². The fraction of sp³-hybridized carbons (Fsp3) is 0.154. The fourth-order valence-corrected chi connectivity index (χ4v) is 5.04. The third-order valence-electron chi connectivity index (χ3n) is 6.39. The second-order valence-corrected chi connectivity index (χ2v) is 7.79. The second kappa shape index (κ2) is 5.72. The number of hydrogen-bond acceptors (Lipinski definition) is 0. The Morgan fingerprint density at radius 2 is 1.59 bits per heavy atom. The van der Waals surface area contributed by atoms with Crippen molar-refractivity contribution in [2.24, 2.45) is 0 Å². The molecule has 0 fully saturated rings. The van der Waals surface area contributed by atoms with Crippen molar-refractivity contribution in [1.29, 1.82) is 0 Å². The standard InChI is InChI=1S/C26H21N/c1-2-6-21-18(5-1)10-13-24-23(21)12-11-19-8-9-20(17-25(19)24)22-14-16-27-15-4-3-7-26(22)27/h1-7,10-16,20H,8-9,17H2. The molecule has 0 amide bonds. The van der Waals surface area contributed by atoms with E-state index in [2.05, 4.69) is 89.6 Å². The molecule has 1 unspecified atom stereocenters. The number of benzene rings is 3. The van der Waals surface area contributed by atoms with Gasteiger partial charge in [-0.2, -0.15) is 0 Å². The van der Waals surface area contributed by atoms with Gasteiger partial charge in [0.15, 0.2) is 0 Å². The van der Waals surface area contributed by atoms with E-state index in [1.807, 2.05) is 0 Å². The molecule has 0 radical (unpaired) electrons. The maximum Gasteiger partial charge on any atom is 0.0484 e. The summed E-state index contributed by atoms with van der Waals surface area (Å²) in [6.07, 6.45) is 7.90. The predicted octanol–water partition coefficient (Wildman–Crippen LogP) is 6.52. The molecule has 0 bridgehead atoms. The number of aromatic nitrogens is 1. The summed E-state index contributed by atoms with van der Waals surface area (Å²) < 4.78 is 2.25. The van der Waals surface area contributed by atoms with Crippen LogP contribution in [0, 0.1) is 0 Å². The average molecular weight is 347 g/mol. The SMILES string of the molecule is c1ccc2c(c1)ccc1c3c(ccc12)CCC(c1ccn2ccccc12)C3. The van der Waals surface area contributed by atoms with Crippen LogP contribution in [-0.2, 0) is 12.8 Å². The van der Waals surface area contributed by atoms with Crippen LogP contribution < -0.4 is 0 Å². The highest BCUT2D eigenvalue weighted by atomic mass is 14.9. The van der Waals surface area contributed by atoms with E-state index in [0.29, 0.717) is 5.92 Å². The lowest BCUT2D eigenvalue weighted by molar-refractivity contribution is 0.592. The Morgan fingerprint density at radius 1 is 0.704 bits per heavy atom. The van der Waals surface area contributed by atoms with Gasteiger partial charge in [-0.1, -0.05) is 54.6 Å². The topological polar surface area (TPSA) is 4.41 Å². The summed E-state index contributed by atoms with van der Waals surface area (Å²) in [4.78, 5) is 0. The van der Waals surface area contributed by atoms with Gasteiger partial charge < -0.3 is 4.40 Å². The highest BCUT2D eigenvalue weighted by Crippen LogP contribution is 2.39. The van der Waals surface area contributed by atoms with E-state index in [9.17, 15) is 0 Å². The summed E-state index contributed by atoms with van der Waals surface area (Å²) >= 11 is 0. The maximum atomic E-state index is 2.37. The van der Waals surface area contributed by atoms with Crippen LogP contribution in [0.25, 0.3) is 27.1 Å². The van der Waals surface area contributed by atoms with Crippen LogP contribution in [0.1, 0.15) is 29.0 Å². The number of rotatable bonds is 1. The van der Waals surface area contributed by atoms with E-state index in [4.69, 9.17) is 0 Å². The Labute approximate surface area is 158 Å². The van der Waals surface area contributed by atoms with Crippen molar-refractivity contribution in [3.63, 3.8) is 0 Å². The Hall–Kier alpha value is -3.06. The molecule has 27 heavy (non-hydrogen) atoms. The highest BCUT2D eigenvalue weighted by Gasteiger charge is 2.24. The van der Waals surface area contributed by atoms with E-state index in [0.717, 1.165) is 6.42 Å². The van der Waals surface area contributed by atoms with E-state index in [-0.39, 0.29) is 0 Å². The Bertz CT molecular complexity index is 1310. The van der Waals surface area contributed by atoms with Gasteiger partial charge in [0.1, 0.15) is 0 Å². The molecule has 0 N–H and O–H groups in total. The number of aryl methyl sites for hydroxylation is 1. The molecule has 1 aliphatic rings. The number of fused-ring (bicyclic) bond motifs is 6. The first-order valence-electron chi connectivity index (χ1n) is 9.86. The van der Waals surface area contributed by atoms with Gasteiger partial charge in [0.05, 0.1) is 0 Å². The average Bonchev–Trinajstić information content (AvgIpc) is 3.17. The lowest BCUT2D eigenvalue weighted by Crippen LogP contribution is -2.13. The van der Waals surface area contributed by atoms with Crippen molar-refractivity contribution >= 4 is 27.1 Å². The maximum absolute atomic E-state index is 2.37. The van der Waals surface area contributed by atoms with Gasteiger partial charge in [0.2, 0.25) is 0 Å². The Morgan fingerprint density at radius 3 is 2.59 bits per heavy atom. The molecule has 130 valence electrons. The second-order valence-electron chi connectivity index (χ2n) is 7.79. The quantitative estimate of drug-likeness (QED) is 0.304. The first-order chi connectivity index (χ1) is 13.4. The minimum atomic E-state index is 0.599. The molecule has 1 nitrogen and oxygen atoms in total. The van der Waals surface area contributed by atoms with Crippen molar-refractivity contribution in [2.75, 3.05) is 0 Å². The minimum Gasteiger partial charge on any atom is -0.324 e. The monoisotopic (exact) mass is 347 g/mol. The van der Waals surface area contributed by atoms with Crippen LogP contribution in [0.2, 0.25) is 0 Å². The number of nitrogens with zero attached hydrogens (tertiary/aromatic N) is 1. The third-order valence-corrected chi connectivity index (χ3v) is 6.39. The van der Waals surface area contributed by atoms with Crippen LogP contribution in [0.3, 0.4) is 0 Å². The van der Waals surface area contributed by atoms with Crippen molar-refractivity contribution in [3.05, 3.63) is 102 Å². The van der Waals surface area contributed by atoms with Crippen molar-refractivity contribution < 1.29 is 0 Å². The molecule has 2 aromatic heterocycles. The number of hydrogen-bond donors (Lipinski definition) is 0. The molecule has 1 atom stereocenters. The molecule has 2 heterocycles. The summed E-state index contributed by atoms with van der Waals surface area (Å²) in [6, 6.07) is 26.9. The molecule has 0 aliphatic heterocycles. The van der Waals surface area contributed by atoms with Gasteiger partial charge in [0, 0.05) is 17.9 Å². The molecule has 0 saturated heterocycles. The zero-order chi connectivity index (χ0) is 17.8. The normalized spacial score (nSPS) is 16.8. The zero-order valence-electron chi connectivity index (χ0n) is 15.2. The van der Waals surface area contributed by atoms with Crippen LogP contribution in [0.5, 0.6) is 0 Å². The van der Waals surface area contributed by atoms with Crippen molar-refractivity contribution in [1.82, 2.24) is 4.40 Å². The van der Waals surface area contributed by atoms with E-state index >= 15 is 0 Å². The van der Waals surface area contributed by atoms with Gasteiger partial charge >= 0.3 is 0 Å². The van der Waals surface area contributed by atoms with Crippen LogP contribution in [-0.4, -0.2) is 4.40 Å². The van der Waals surface area contributed by atoms with Gasteiger partial charge in [0.25, 0.3) is 0 Å². The molecule has 5 aromatic rings.